The van der Waals surface area contributed by atoms with Gasteiger partial charge in [-0.3, -0.25) is 9.59 Å². The third-order valence-electron chi connectivity index (χ3n) is 4.84. The predicted molar refractivity (Wildman–Crippen MR) is 86.1 cm³/mol. The van der Waals surface area contributed by atoms with Gasteiger partial charge in [0.1, 0.15) is 5.76 Å². The smallest absolute Gasteiger partial charge is 0.257 e. The molecule has 1 aromatic rings. The molecule has 0 bridgehead atoms. The van der Waals surface area contributed by atoms with Gasteiger partial charge in [-0.05, 0) is 51.1 Å². The van der Waals surface area contributed by atoms with E-state index in [9.17, 15) is 9.59 Å². The van der Waals surface area contributed by atoms with E-state index in [2.05, 4.69) is 10.6 Å². The van der Waals surface area contributed by atoms with Crippen molar-refractivity contribution in [3.63, 3.8) is 0 Å². The molecular formula is C17H25N3O3. The molecule has 6 nitrogen and oxygen atoms in total. The number of nitrogens with zero attached hydrogens (tertiary/aromatic N) is 1. The van der Waals surface area contributed by atoms with Crippen LogP contribution in [-0.2, 0) is 4.79 Å². The van der Waals surface area contributed by atoms with Crippen LogP contribution in [0.2, 0.25) is 0 Å². The highest BCUT2D eigenvalue weighted by Crippen LogP contribution is 2.20. The minimum atomic E-state index is -0.0371. The van der Waals surface area contributed by atoms with Crippen molar-refractivity contribution in [1.82, 2.24) is 15.5 Å². The van der Waals surface area contributed by atoms with E-state index in [0.717, 1.165) is 38.8 Å². The molecule has 2 aliphatic heterocycles. The Hall–Kier alpha value is -1.82. The number of hydrogen-bond donors (Lipinski definition) is 2. The van der Waals surface area contributed by atoms with Crippen LogP contribution in [0.3, 0.4) is 0 Å². The minimum absolute atomic E-state index is 0.0322. The Labute approximate surface area is 136 Å². The highest BCUT2D eigenvalue weighted by molar-refractivity contribution is 5.95. The van der Waals surface area contributed by atoms with Crippen molar-refractivity contribution in [2.45, 2.75) is 38.6 Å². The molecule has 1 aromatic heterocycles. The third kappa shape index (κ3) is 3.75. The first-order chi connectivity index (χ1) is 11.1. The number of furan rings is 1. The van der Waals surface area contributed by atoms with Crippen molar-refractivity contribution in [1.29, 1.82) is 0 Å². The van der Waals surface area contributed by atoms with Gasteiger partial charge in [-0.1, -0.05) is 0 Å². The van der Waals surface area contributed by atoms with Crippen LogP contribution in [0.25, 0.3) is 0 Å². The Balaban J connectivity index is 1.51. The molecule has 2 aliphatic rings. The van der Waals surface area contributed by atoms with E-state index >= 15 is 0 Å². The zero-order valence-corrected chi connectivity index (χ0v) is 13.6. The summed E-state index contributed by atoms with van der Waals surface area (Å²) in [5.41, 5.74) is 0.643. The molecule has 2 amide bonds. The topological polar surface area (TPSA) is 74.6 Å². The van der Waals surface area contributed by atoms with Crippen LogP contribution in [-0.4, -0.2) is 48.9 Å². The molecule has 0 saturated carbocycles. The maximum Gasteiger partial charge on any atom is 0.257 e. The first kappa shape index (κ1) is 16.1. The molecule has 2 atom stereocenters. The van der Waals surface area contributed by atoms with Crippen molar-refractivity contribution >= 4 is 11.8 Å². The zero-order chi connectivity index (χ0) is 16.2. The van der Waals surface area contributed by atoms with E-state index in [-0.39, 0.29) is 17.9 Å². The van der Waals surface area contributed by atoms with E-state index in [0.29, 0.717) is 30.3 Å². The lowest BCUT2D eigenvalue weighted by Gasteiger charge is -2.33. The molecule has 2 fully saturated rings. The van der Waals surface area contributed by atoms with Crippen molar-refractivity contribution < 1.29 is 14.0 Å². The van der Waals surface area contributed by atoms with Gasteiger partial charge in [-0.25, -0.2) is 0 Å². The Morgan fingerprint density at radius 2 is 2.26 bits per heavy atom. The number of hydrogen-bond acceptors (Lipinski definition) is 4. The summed E-state index contributed by atoms with van der Waals surface area (Å²) in [5, 5.41) is 6.25. The second-order valence-electron chi connectivity index (χ2n) is 6.54. The molecule has 3 heterocycles. The third-order valence-corrected chi connectivity index (χ3v) is 4.84. The summed E-state index contributed by atoms with van der Waals surface area (Å²) in [6.07, 6.45) is 5.56. The number of nitrogens with one attached hydrogen (secondary N) is 2. The van der Waals surface area contributed by atoms with Gasteiger partial charge in [0.05, 0.1) is 17.9 Å². The molecule has 0 aliphatic carbocycles. The summed E-state index contributed by atoms with van der Waals surface area (Å²) in [7, 11) is 0. The molecule has 126 valence electrons. The van der Waals surface area contributed by atoms with E-state index < -0.39 is 0 Å². The van der Waals surface area contributed by atoms with E-state index in [1.54, 1.807) is 12.3 Å². The fourth-order valence-corrected chi connectivity index (χ4v) is 3.47. The normalized spacial score (nSPS) is 24.7. The van der Waals surface area contributed by atoms with Gasteiger partial charge in [0.25, 0.3) is 5.91 Å². The Morgan fingerprint density at radius 1 is 1.39 bits per heavy atom. The largest absolute Gasteiger partial charge is 0.469 e. The number of carbonyl (C=O) groups is 2. The van der Waals surface area contributed by atoms with Crippen LogP contribution < -0.4 is 10.6 Å². The number of amides is 2. The Morgan fingerprint density at radius 3 is 2.96 bits per heavy atom. The Kier molecular flexibility index (Phi) is 5.00. The molecule has 0 spiro atoms. The molecule has 0 aromatic carbocycles. The summed E-state index contributed by atoms with van der Waals surface area (Å²) < 4.78 is 5.23. The molecule has 2 N–H and O–H groups in total. The number of rotatable bonds is 4. The van der Waals surface area contributed by atoms with Gasteiger partial charge >= 0.3 is 0 Å². The fourth-order valence-electron chi connectivity index (χ4n) is 3.47. The molecule has 23 heavy (non-hydrogen) atoms. The van der Waals surface area contributed by atoms with Crippen molar-refractivity contribution in [3.8, 4) is 0 Å². The van der Waals surface area contributed by atoms with Gasteiger partial charge in [0, 0.05) is 19.6 Å². The molecule has 2 saturated heterocycles. The van der Waals surface area contributed by atoms with Gasteiger partial charge in [0.2, 0.25) is 5.91 Å². The average Bonchev–Trinajstić information content (AvgIpc) is 3.23. The highest BCUT2D eigenvalue weighted by Gasteiger charge is 2.27. The van der Waals surface area contributed by atoms with Crippen molar-refractivity contribution in [2.24, 2.45) is 5.92 Å². The lowest BCUT2D eigenvalue weighted by Crippen LogP contribution is -2.46. The predicted octanol–water partition coefficient (Wildman–Crippen LogP) is 1.31. The molecule has 3 rings (SSSR count). The number of aryl methyl sites for hydroxylation is 1. The molecular weight excluding hydrogens is 294 g/mol. The van der Waals surface area contributed by atoms with Crippen LogP contribution in [0.5, 0.6) is 0 Å². The van der Waals surface area contributed by atoms with Crippen LogP contribution >= 0.6 is 0 Å². The summed E-state index contributed by atoms with van der Waals surface area (Å²) in [5.74, 6) is 1.12. The Bertz CT molecular complexity index is 563. The van der Waals surface area contributed by atoms with Gasteiger partial charge < -0.3 is 20.0 Å². The van der Waals surface area contributed by atoms with Crippen LogP contribution in [0.15, 0.2) is 16.7 Å². The molecule has 0 radical (unpaired) electrons. The van der Waals surface area contributed by atoms with E-state index in [4.69, 9.17) is 4.42 Å². The second-order valence-corrected chi connectivity index (χ2v) is 6.54. The van der Waals surface area contributed by atoms with Crippen LogP contribution in [0, 0.1) is 12.8 Å². The van der Waals surface area contributed by atoms with E-state index in [1.165, 1.54) is 0 Å². The lowest BCUT2D eigenvalue weighted by atomic mass is 9.97. The van der Waals surface area contributed by atoms with Crippen molar-refractivity contribution in [2.75, 3.05) is 26.2 Å². The first-order valence-corrected chi connectivity index (χ1v) is 8.49. The molecule has 6 heteroatoms. The highest BCUT2D eigenvalue weighted by atomic mass is 16.3. The second kappa shape index (κ2) is 7.17. The monoisotopic (exact) mass is 319 g/mol. The quantitative estimate of drug-likeness (QED) is 0.877. The maximum absolute atomic E-state index is 12.5. The summed E-state index contributed by atoms with van der Waals surface area (Å²) >= 11 is 0. The minimum Gasteiger partial charge on any atom is -0.469 e. The zero-order valence-electron chi connectivity index (χ0n) is 13.6. The summed E-state index contributed by atoms with van der Waals surface area (Å²) in [6, 6.07) is 1.69. The van der Waals surface area contributed by atoms with Crippen molar-refractivity contribution in [3.05, 3.63) is 23.7 Å². The van der Waals surface area contributed by atoms with Gasteiger partial charge in [-0.15, -0.1) is 0 Å². The fraction of sp³-hybridized carbons (Fsp3) is 0.647. The standard InChI is InChI=1S/C17H25N3O3/c1-12-14(6-9-23-12)17(22)20-8-3-4-13(11-20)10-19-16(21)15-5-2-7-18-15/h6,9,13,15,18H,2-5,7-8,10-11H2,1H3,(H,19,21)/t13-,15-/m1/s1. The first-order valence-electron chi connectivity index (χ1n) is 8.49. The van der Waals surface area contributed by atoms with Gasteiger partial charge in [0.15, 0.2) is 0 Å². The average molecular weight is 319 g/mol. The maximum atomic E-state index is 12.5. The SMILES string of the molecule is Cc1occc1C(=O)N1CCC[C@H](CNC(=O)[C@H]2CCCN2)C1. The summed E-state index contributed by atoms with van der Waals surface area (Å²) in [4.78, 5) is 26.5. The number of piperidine rings is 1. The van der Waals surface area contributed by atoms with Gasteiger partial charge in [-0.2, -0.15) is 0 Å². The summed E-state index contributed by atoms with van der Waals surface area (Å²) in [6.45, 7) is 4.85. The van der Waals surface area contributed by atoms with Crippen LogP contribution in [0.1, 0.15) is 41.8 Å². The van der Waals surface area contributed by atoms with Crippen LogP contribution in [0.4, 0.5) is 0 Å². The number of likely N-dealkylation sites (tertiary alicyclic amines) is 1. The lowest BCUT2D eigenvalue weighted by molar-refractivity contribution is -0.123. The van der Waals surface area contributed by atoms with E-state index in [1.807, 2.05) is 11.8 Å². The number of carbonyl (C=O) groups excluding carboxylic acids is 2. The molecule has 0 unspecified atom stereocenters.